The molecular weight excluding hydrogens is 373 g/mol. The minimum absolute atomic E-state index is 0.646. The fourth-order valence-electron chi connectivity index (χ4n) is 1.75. The average Bonchev–Trinajstić information content (AvgIpc) is 2.77. The fourth-order valence-corrected chi connectivity index (χ4v) is 2.69. The minimum Gasteiger partial charge on any atom is -0.311 e. The van der Waals surface area contributed by atoms with E-state index in [0.717, 1.165) is 33.1 Å². The molecule has 0 amide bonds. The van der Waals surface area contributed by atoms with Crippen LogP contribution in [0.4, 0.5) is 0 Å². The van der Waals surface area contributed by atoms with Crippen molar-refractivity contribution in [2.75, 3.05) is 6.54 Å². The van der Waals surface area contributed by atoms with Crippen molar-refractivity contribution in [2.45, 2.75) is 20.4 Å². The van der Waals surface area contributed by atoms with E-state index in [-0.39, 0.29) is 0 Å². The van der Waals surface area contributed by atoms with E-state index in [9.17, 15) is 0 Å². The zero-order chi connectivity index (χ0) is 13.8. The highest BCUT2D eigenvalue weighted by atomic mass is 127. The van der Waals surface area contributed by atoms with Crippen LogP contribution in [-0.4, -0.2) is 16.3 Å². The maximum atomic E-state index is 6.24. The summed E-state index contributed by atoms with van der Waals surface area (Å²) < 4.78 is 2.95. The molecule has 2 rings (SSSR count). The van der Waals surface area contributed by atoms with Crippen LogP contribution in [0.2, 0.25) is 5.02 Å². The van der Waals surface area contributed by atoms with Crippen LogP contribution >= 0.6 is 34.2 Å². The minimum atomic E-state index is 0.646. The molecule has 2 aromatic rings. The molecule has 3 nitrogen and oxygen atoms in total. The van der Waals surface area contributed by atoms with Crippen LogP contribution in [0.3, 0.4) is 0 Å². The van der Waals surface area contributed by atoms with Gasteiger partial charge in [0.25, 0.3) is 0 Å². The second kappa shape index (κ2) is 6.72. The lowest BCUT2D eigenvalue weighted by Gasteiger charge is -2.06. The maximum Gasteiger partial charge on any atom is 0.0832 e. The quantitative estimate of drug-likeness (QED) is 0.787. The van der Waals surface area contributed by atoms with Gasteiger partial charge >= 0.3 is 0 Å². The summed E-state index contributed by atoms with van der Waals surface area (Å²) in [6.45, 7) is 6.16. The summed E-state index contributed by atoms with van der Waals surface area (Å²) in [7, 11) is 0. The zero-order valence-electron chi connectivity index (χ0n) is 11.0. The predicted molar refractivity (Wildman–Crippen MR) is 87.8 cm³/mol. The second-order valence-corrected chi connectivity index (χ2v) is 6.52. The summed E-state index contributed by atoms with van der Waals surface area (Å²) >= 11 is 8.48. The van der Waals surface area contributed by atoms with E-state index in [1.807, 2.05) is 35.1 Å². The Bertz CT molecular complexity index is 551. The van der Waals surface area contributed by atoms with Gasteiger partial charge < -0.3 is 5.32 Å². The Morgan fingerprint density at radius 1 is 1.37 bits per heavy atom. The molecule has 0 aliphatic heterocycles. The molecular formula is C14H17ClIN3. The van der Waals surface area contributed by atoms with Crippen molar-refractivity contribution in [3.05, 3.63) is 44.7 Å². The van der Waals surface area contributed by atoms with Gasteiger partial charge in [-0.1, -0.05) is 25.4 Å². The molecule has 102 valence electrons. The fraction of sp³-hybridized carbons (Fsp3) is 0.357. The van der Waals surface area contributed by atoms with Crippen LogP contribution in [0.15, 0.2) is 30.5 Å². The Morgan fingerprint density at radius 3 is 2.84 bits per heavy atom. The Morgan fingerprint density at radius 2 is 2.16 bits per heavy atom. The molecule has 0 aliphatic rings. The summed E-state index contributed by atoms with van der Waals surface area (Å²) in [4.78, 5) is 0. The molecule has 0 aliphatic carbocycles. The average molecular weight is 390 g/mol. The van der Waals surface area contributed by atoms with Crippen molar-refractivity contribution in [1.82, 2.24) is 15.1 Å². The Labute approximate surface area is 132 Å². The molecule has 0 unspecified atom stereocenters. The predicted octanol–water partition coefficient (Wildman–Crippen LogP) is 3.88. The van der Waals surface area contributed by atoms with E-state index >= 15 is 0 Å². The number of rotatable bonds is 5. The van der Waals surface area contributed by atoms with Gasteiger partial charge in [0, 0.05) is 16.3 Å². The third-order valence-electron chi connectivity index (χ3n) is 2.66. The van der Waals surface area contributed by atoms with Crippen LogP contribution in [0.25, 0.3) is 5.69 Å². The van der Waals surface area contributed by atoms with E-state index in [4.69, 9.17) is 11.6 Å². The van der Waals surface area contributed by atoms with E-state index < -0.39 is 0 Å². The number of halogens is 2. The number of nitrogens with zero attached hydrogens (tertiary/aromatic N) is 2. The number of aromatic nitrogens is 2. The van der Waals surface area contributed by atoms with Crippen molar-refractivity contribution in [1.29, 1.82) is 0 Å². The first-order chi connectivity index (χ1) is 9.06. The van der Waals surface area contributed by atoms with E-state index in [1.54, 1.807) is 0 Å². The third kappa shape index (κ3) is 4.19. The lowest BCUT2D eigenvalue weighted by molar-refractivity contribution is 0.546. The monoisotopic (exact) mass is 389 g/mol. The van der Waals surface area contributed by atoms with Gasteiger partial charge in [0.05, 0.1) is 16.4 Å². The molecule has 1 aromatic carbocycles. The second-order valence-electron chi connectivity index (χ2n) is 4.87. The topological polar surface area (TPSA) is 29.9 Å². The first kappa shape index (κ1) is 14.8. The number of nitrogens with one attached hydrogen (secondary N) is 1. The molecule has 0 saturated carbocycles. The standard InChI is InChI=1S/C14H17ClIN3/c1-10(2)8-17-9-12-5-6-19(18-12)14-4-3-11(16)7-13(14)15/h3-7,10,17H,8-9H2,1-2H3. The summed E-state index contributed by atoms with van der Waals surface area (Å²) in [6.07, 6.45) is 1.94. The van der Waals surface area contributed by atoms with Gasteiger partial charge in [-0.2, -0.15) is 5.10 Å². The van der Waals surface area contributed by atoms with Crippen LogP contribution in [-0.2, 0) is 6.54 Å². The number of hydrogen-bond acceptors (Lipinski definition) is 2. The maximum absolute atomic E-state index is 6.24. The normalized spacial score (nSPS) is 11.2. The Hall–Kier alpha value is -0.590. The van der Waals surface area contributed by atoms with Crippen molar-refractivity contribution >= 4 is 34.2 Å². The zero-order valence-corrected chi connectivity index (χ0v) is 13.9. The van der Waals surface area contributed by atoms with E-state index in [0.29, 0.717) is 5.92 Å². The van der Waals surface area contributed by atoms with Gasteiger partial charge in [0.15, 0.2) is 0 Å². The SMILES string of the molecule is CC(C)CNCc1ccn(-c2ccc(I)cc2Cl)n1. The largest absolute Gasteiger partial charge is 0.311 e. The van der Waals surface area contributed by atoms with Crippen LogP contribution in [0.1, 0.15) is 19.5 Å². The van der Waals surface area contributed by atoms with Gasteiger partial charge in [-0.05, 0) is 59.3 Å². The molecule has 0 fully saturated rings. The van der Waals surface area contributed by atoms with Crippen LogP contribution < -0.4 is 5.32 Å². The molecule has 1 N–H and O–H groups in total. The molecule has 1 heterocycles. The Balaban J connectivity index is 2.08. The van der Waals surface area contributed by atoms with Gasteiger partial charge in [-0.25, -0.2) is 4.68 Å². The molecule has 1 aromatic heterocycles. The lowest BCUT2D eigenvalue weighted by atomic mass is 10.2. The van der Waals surface area contributed by atoms with Crippen molar-refractivity contribution in [2.24, 2.45) is 5.92 Å². The molecule has 0 radical (unpaired) electrons. The third-order valence-corrected chi connectivity index (χ3v) is 3.63. The highest BCUT2D eigenvalue weighted by Gasteiger charge is 2.06. The van der Waals surface area contributed by atoms with Crippen molar-refractivity contribution < 1.29 is 0 Å². The lowest BCUT2D eigenvalue weighted by Crippen LogP contribution is -2.19. The molecule has 0 saturated heterocycles. The van der Waals surface area contributed by atoms with E-state index in [1.165, 1.54) is 0 Å². The van der Waals surface area contributed by atoms with Gasteiger partial charge in [-0.15, -0.1) is 0 Å². The van der Waals surface area contributed by atoms with Crippen LogP contribution in [0.5, 0.6) is 0 Å². The highest BCUT2D eigenvalue weighted by molar-refractivity contribution is 14.1. The summed E-state index contributed by atoms with van der Waals surface area (Å²) in [5.74, 6) is 0.646. The number of hydrogen-bond donors (Lipinski definition) is 1. The van der Waals surface area contributed by atoms with E-state index in [2.05, 4.69) is 46.9 Å². The first-order valence-electron chi connectivity index (χ1n) is 6.27. The van der Waals surface area contributed by atoms with Crippen molar-refractivity contribution in [3.63, 3.8) is 0 Å². The summed E-state index contributed by atoms with van der Waals surface area (Å²) in [5, 5.41) is 8.63. The molecule has 19 heavy (non-hydrogen) atoms. The van der Waals surface area contributed by atoms with Crippen molar-refractivity contribution in [3.8, 4) is 5.69 Å². The Kier molecular flexibility index (Phi) is 5.24. The van der Waals surface area contributed by atoms with Crippen LogP contribution in [0, 0.1) is 9.49 Å². The van der Waals surface area contributed by atoms with Gasteiger partial charge in [-0.3, -0.25) is 0 Å². The first-order valence-corrected chi connectivity index (χ1v) is 7.72. The summed E-state index contributed by atoms with van der Waals surface area (Å²) in [6, 6.07) is 7.97. The highest BCUT2D eigenvalue weighted by Crippen LogP contribution is 2.22. The van der Waals surface area contributed by atoms with Gasteiger partial charge in [0.2, 0.25) is 0 Å². The number of benzene rings is 1. The molecule has 5 heteroatoms. The molecule has 0 atom stereocenters. The van der Waals surface area contributed by atoms with Gasteiger partial charge in [0.1, 0.15) is 0 Å². The smallest absolute Gasteiger partial charge is 0.0832 e. The summed E-state index contributed by atoms with van der Waals surface area (Å²) in [5.41, 5.74) is 1.94. The molecule has 0 spiro atoms. The molecule has 0 bridgehead atoms.